The molecule has 5 nitrogen and oxygen atoms in total. The molecule has 4 rings (SSSR count). The quantitative estimate of drug-likeness (QED) is 0.303. The second-order valence-corrected chi connectivity index (χ2v) is 7.25. The predicted octanol–water partition coefficient (Wildman–Crippen LogP) is 6.25. The van der Waals surface area contributed by atoms with E-state index in [2.05, 4.69) is 9.97 Å². The van der Waals surface area contributed by atoms with E-state index < -0.39 is 6.61 Å². The van der Waals surface area contributed by atoms with Crippen LogP contribution in [0.1, 0.15) is 22.6 Å². The topological polar surface area (TPSA) is 53.5 Å². The zero-order valence-electron chi connectivity index (χ0n) is 17.9. The summed E-state index contributed by atoms with van der Waals surface area (Å²) in [6, 6.07) is 22.0. The largest absolute Gasteiger partial charge is 0.493 e. The lowest BCUT2D eigenvalue weighted by molar-refractivity contribution is -0.0512. The molecular weight excluding hydrogens is 426 g/mol. The molecule has 0 amide bonds. The van der Waals surface area contributed by atoms with Gasteiger partial charge in [0.2, 0.25) is 5.88 Å². The Labute approximate surface area is 190 Å². The van der Waals surface area contributed by atoms with Crippen molar-refractivity contribution in [2.24, 2.45) is 0 Å². The maximum absolute atomic E-state index is 13.0. The van der Waals surface area contributed by atoms with E-state index in [-0.39, 0.29) is 17.4 Å². The van der Waals surface area contributed by atoms with Crippen LogP contribution in [0.15, 0.2) is 91.4 Å². The van der Waals surface area contributed by atoms with Crippen molar-refractivity contribution in [3.8, 4) is 23.1 Å². The first-order chi connectivity index (χ1) is 16.1. The molecular formula is C26H22F2N2O3. The molecule has 0 radical (unpaired) electrons. The molecule has 0 saturated carbocycles. The Balaban J connectivity index is 1.67. The number of alkyl halides is 2. The maximum atomic E-state index is 13.0. The normalized spacial score (nSPS) is 11.8. The van der Waals surface area contributed by atoms with Crippen LogP contribution in [-0.4, -0.2) is 23.7 Å². The molecule has 2 heterocycles. The van der Waals surface area contributed by atoms with E-state index >= 15 is 0 Å². The van der Waals surface area contributed by atoms with Crippen LogP contribution in [0.3, 0.4) is 0 Å². The van der Waals surface area contributed by atoms with Crippen LogP contribution >= 0.6 is 0 Å². The third-order valence-corrected chi connectivity index (χ3v) is 5.12. The van der Waals surface area contributed by atoms with Crippen molar-refractivity contribution in [3.63, 3.8) is 0 Å². The Morgan fingerprint density at radius 2 is 1.61 bits per heavy atom. The Morgan fingerprint density at radius 1 is 0.848 bits per heavy atom. The molecule has 4 aromatic rings. The van der Waals surface area contributed by atoms with Crippen molar-refractivity contribution >= 4 is 0 Å². The van der Waals surface area contributed by atoms with Crippen LogP contribution in [-0.2, 0) is 6.42 Å². The average Bonchev–Trinajstić information content (AvgIpc) is 2.84. The number of methoxy groups -OCH3 is 1. The van der Waals surface area contributed by atoms with Gasteiger partial charge in [-0.05, 0) is 59.5 Å². The average molecular weight is 448 g/mol. The van der Waals surface area contributed by atoms with Crippen LogP contribution in [0.25, 0.3) is 0 Å². The van der Waals surface area contributed by atoms with Crippen molar-refractivity contribution in [2.75, 3.05) is 7.11 Å². The Hall–Kier alpha value is -4.00. The Morgan fingerprint density at radius 3 is 2.27 bits per heavy atom. The van der Waals surface area contributed by atoms with E-state index in [1.54, 1.807) is 36.8 Å². The number of para-hydroxylation sites is 1. The van der Waals surface area contributed by atoms with E-state index in [0.717, 1.165) is 16.7 Å². The first-order valence-electron chi connectivity index (χ1n) is 10.3. The number of ether oxygens (including phenoxy) is 3. The van der Waals surface area contributed by atoms with Crippen molar-refractivity contribution in [2.45, 2.75) is 19.0 Å². The molecule has 0 saturated heterocycles. The van der Waals surface area contributed by atoms with E-state index in [1.165, 1.54) is 7.11 Å². The summed E-state index contributed by atoms with van der Waals surface area (Å²) in [6.45, 7) is -2.95. The predicted molar refractivity (Wildman–Crippen MR) is 120 cm³/mol. The molecule has 1 unspecified atom stereocenters. The minimum atomic E-state index is -2.95. The molecule has 0 aliphatic heterocycles. The van der Waals surface area contributed by atoms with Gasteiger partial charge in [0.15, 0.2) is 11.5 Å². The van der Waals surface area contributed by atoms with Crippen molar-refractivity contribution in [3.05, 3.63) is 108 Å². The first kappa shape index (κ1) is 22.2. The first-order valence-corrected chi connectivity index (χ1v) is 10.3. The highest BCUT2D eigenvalue weighted by molar-refractivity contribution is 5.47. The summed E-state index contributed by atoms with van der Waals surface area (Å²) in [6.07, 6.45) is 5.80. The van der Waals surface area contributed by atoms with Gasteiger partial charge in [-0.15, -0.1) is 0 Å². The zero-order valence-corrected chi connectivity index (χ0v) is 17.9. The van der Waals surface area contributed by atoms with Gasteiger partial charge in [-0.1, -0.05) is 30.3 Å². The SMILES string of the molecule is COc1ccc(C(Cc2ccncc2)c2ccc(Oc3ccccc3)nc2)cc1OC(F)F. The number of hydrogen-bond donors (Lipinski definition) is 0. The lowest BCUT2D eigenvalue weighted by Crippen LogP contribution is -2.08. The van der Waals surface area contributed by atoms with Crippen molar-refractivity contribution in [1.29, 1.82) is 0 Å². The fourth-order valence-electron chi connectivity index (χ4n) is 3.55. The minimum Gasteiger partial charge on any atom is -0.493 e. The summed E-state index contributed by atoms with van der Waals surface area (Å²) in [7, 11) is 1.41. The molecule has 7 heteroatoms. The molecule has 33 heavy (non-hydrogen) atoms. The molecule has 0 fully saturated rings. The summed E-state index contributed by atoms with van der Waals surface area (Å²) in [5, 5.41) is 0. The summed E-state index contributed by atoms with van der Waals surface area (Å²) in [5.74, 6) is 1.21. The van der Waals surface area contributed by atoms with Crippen LogP contribution in [0.5, 0.6) is 23.1 Å². The van der Waals surface area contributed by atoms with Gasteiger partial charge in [0.1, 0.15) is 5.75 Å². The zero-order chi connectivity index (χ0) is 23.0. The lowest BCUT2D eigenvalue weighted by Gasteiger charge is -2.20. The second-order valence-electron chi connectivity index (χ2n) is 7.25. The number of hydrogen-bond acceptors (Lipinski definition) is 5. The molecule has 1 atom stereocenters. The van der Waals surface area contributed by atoms with E-state index in [1.807, 2.05) is 54.6 Å². The fraction of sp³-hybridized carbons (Fsp3) is 0.154. The van der Waals surface area contributed by atoms with E-state index in [9.17, 15) is 8.78 Å². The summed E-state index contributed by atoms with van der Waals surface area (Å²) < 4.78 is 41.6. The number of pyridine rings is 2. The third kappa shape index (κ3) is 5.83. The monoisotopic (exact) mass is 448 g/mol. The number of benzene rings is 2. The van der Waals surface area contributed by atoms with Gasteiger partial charge in [-0.25, -0.2) is 4.98 Å². The number of aromatic nitrogens is 2. The highest BCUT2D eigenvalue weighted by atomic mass is 19.3. The van der Waals surface area contributed by atoms with Crippen molar-refractivity contribution < 1.29 is 23.0 Å². The van der Waals surface area contributed by atoms with E-state index in [4.69, 9.17) is 14.2 Å². The molecule has 0 aliphatic carbocycles. The lowest BCUT2D eigenvalue weighted by atomic mass is 9.87. The fourth-order valence-corrected chi connectivity index (χ4v) is 3.55. The molecule has 0 bridgehead atoms. The van der Waals surface area contributed by atoms with Gasteiger partial charge >= 0.3 is 6.61 Å². The van der Waals surface area contributed by atoms with Gasteiger partial charge in [-0.2, -0.15) is 8.78 Å². The van der Waals surface area contributed by atoms with Crippen LogP contribution < -0.4 is 14.2 Å². The van der Waals surface area contributed by atoms with Gasteiger partial charge in [0.25, 0.3) is 0 Å². The second kappa shape index (κ2) is 10.5. The molecule has 2 aromatic carbocycles. The maximum Gasteiger partial charge on any atom is 0.387 e. The van der Waals surface area contributed by atoms with Crippen LogP contribution in [0.2, 0.25) is 0 Å². The highest BCUT2D eigenvalue weighted by Crippen LogP contribution is 2.36. The third-order valence-electron chi connectivity index (χ3n) is 5.12. The molecule has 0 spiro atoms. The van der Waals surface area contributed by atoms with Gasteiger partial charge in [0, 0.05) is 30.6 Å². The molecule has 0 aliphatic rings. The van der Waals surface area contributed by atoms with Crippen molar-refractivity contribution in [1.82, 2.24) is 9.97 Å². The Bertz CT molecular complexity index is 1160. The van der Waals surface area contributed by atoms with Gasteiger partial charge in [0.05, 0.1) is 7.11 Å². The highest BCUT2D eigenvalue weighted by Gasteiger charge is 2.20. The molecule has 168 valence electrons. The smallest absolute Gasteiger partial charge is 0.387 e. The molecule has 0 N–H and O–H groups in total. The standard InChI is InChI=1S/C26H22F2N2O3/c1-31-23-9-7-19(16-24(23)33-26(27)28)22(15-18-11-13-29-14-12-18)20-8-10-25(30-17-20)32-21-5-3-2-4-6-21/h2-14,16-17,22,26H,15H2,1H3. The van der Waals surface area contributed by atoms with Gasteiger partial charge < -0.3 is 14.2 Å². The van der Waals surface area contributed by atoms with Crippen LogP contribution in [0, 0.1) is 0 Å². The number of halogens is 2. The van der Waals surface area contributed by atoms with E-state index in [0.29, 0.717) is 18.1 Å². The van der Waals surface area contributed by atoms with Gasteiger partial charge in [-0.3, -0.25) is 4.98 Å². The summed E-state index contributed by atoms with van der Waals surface area (Å²) in [4.78, 5) is 8.53. The summed E-state index contributed by atoms with van der Waals surface area (Å²) >= 11 is 0. The minimum absolute atomic E-state index is 0.0123. The number of rotatable bonds is 9. The van der Waals surface area contributed by atoms with Crippen LogP contribution in [0.4, 0.5) is 8.78 Å². The Kier molecular flexibility index (Phi) is 7.09. The molecule has 2 aromatic heterocycles. The summed E-state index contributed by atoms with van der Waals surface area (Å²) in [5.41, 5.74) is 2.74. The number of nitrogens with zero attached hydrogens (tertiary/aromatic N) is 2.